The summed E-state index contributed by atoms with van der Waals surface area (Å²) in [6, 6.07) is 0. The molecule has 1 saturated heterocycles. The van der Waals surface area contributed by atoms with Crippen molar-refractivity contribution in [2.75, 3.05) is 19.8 Å². The minimum Gasteiger partial charge on any atom is -0.381 e. The summed E-state index contributed by atoms with van der Waals surface area (Å²) in [5.41, 5.74) is 6.89. The zero-order valence-corrected chi connectivity index (χ0v) is 9.93. The van der Waals surface area contributed by atoms with Gasteiger partial charge in [0.1, 0.15) is 0 Å². The Morgan fingerprint density at radius 1 is 1.60 bits per heavy atom. The van der Waals surface area contributed by atoms with Gasteiger partial charge in [-0.05, 0) is 12.8 Å². The minimum atomic E-state index is 0.392. The predicted octanol–water partition coefficient (Wildman–Crippen LogP) is 2.10. The molecular weight excluding hydrogens is 208 g/mol. The van der Waals surface area contributed by atoms with E-state index in [9.17, 15) is 0 Å². The Morgan fingerprint density at radius 2 is 2.33 bits per heavy atom. The summed E-state index contributed by atoms with van der Waals surface area (Å²) in [5, 5.41) is 3.37. The van der Waals surface area contributed by atoms with Gasteiger partial charge in [0.2, 0.25) is 0 Å². The third kappa shape index (κ3) is 2.56. The van der Waals surface area contributed by atoms with Crippen molar-refractivity contribution in [3.63, 3.8) is 0 Å². The minimum absolute atomic E-state index is 0.392. The molecule has 2 N–H and O–H groups in total. The lowest BCUT2D eigenvalue weighted by Gasteiger charge is -2.20. The molecule has 2 rings (SSSR count). The molecule has 1 aliphatic heterocycles. The Balaban J connectivity index is 2.05. The van der Waals surface area contributed by atoms with Crippen LogP contribution in [0, 0.1) is 0 Å². The molecule has 84 valence electrons. The molecule has 4 heteroatoms. The molecule has 1 atom stereocenters. The second kappa shape index (κ2) is 5.05. The number of ether oxygens (including phenoxy) is 1. The highest BCUT2D eigenvalue weighted by Crippen LogP contribution is 2.29. The molecular formula is C11H18N2OS. The van der Waals surface area contributed by atoms with Gasteiger partial charge < -0.3 is 10.5 Å². The predicted molar refractivity (Wildman–Crippen MR) is 62.4 cm³/mol. The highest BCUT2D eigenvalue weighted by atomic mass is 32.1. The van der Waals surface area contributed by atoms with Crippen LogP contribution in [0.3, 0.4) is 0 Å². The van der Waals surface area contributed by atoms with Crippen molar-refractivity contribution in [3.05, 3.63) is 16.1 Å². The van der Waals surface area contributed by atoms with Gasteiger partial charge in [0.15, 0.2) is 0 Å². The van der Waals surface area contributed by atoms with E-state index in [0.717, 1.165) is 26.1 Å². The molecule has 0 aromatic carbocycles. The van der Waals surface area contributed by atoms with Gasteiger partial charge >= 0.3 is 0 Å². The van der Waals surface area contributed by atoms with E-state index in [-0.39, 0.29) is 0 Å². The molecule has 15 heavy (non-hydrogen) atoms. The van der Waals surface area contributed by atoms with E-state index in [1.807, 2.05) is 0 Å². The van der Waals surface area contributed by atoms with E-state index < -0.39 is 0 Å². The molecule has 0 bridgehead atoms. The Kier molecular flexibility index (Phi) is 3.72. The zero-order valence-electron chi connectivity index (χ0n) is 9.11. The summed E-state index contributed by atoms with van der Waals surface area (Å²) in [6.45, 7) is 4.57. The van der Waals surface area contributed by atoms with E-state index in [2.05, 4.69) is 17.3 Å². The highest BCUT2D eigenvalue weighted by Gasteiger charge is 2.19. The fraction of sp³-hybridized carbons (Fsp3) is 0.727. The van der Waals surface area contributed by atoms with Gasteiger partial charge in [-0.1, -0.05) is 6.92 Å². The van der Waals surface area contributed by atoms with Crippen molar-refractivity contribution in [2.45, 2.75) is 31.6 Å². The molecule has 2 heterocycles. The normalized spacial score (nSPS) is 20.4. The summed E-state index contributed by atoms with van der Waals surface area (Å²) in [4.78, 5) is 4.69. The first kappa shape index (κ1) is 11.0. The van der Waals surface area contributed by atoms with Crippen LogP contribution < -0.4 is 5.73 Å². The lowest BCUT2D eigenvalue weighted by Crippen LogP contribution is -2.14. The van der Waals surface area contributed by atoms with Crippen LogP contribution in [0.4, 0.5) is 0 Å². The average Bonchev–Trinajstić information content (AvgIpc) is 2.78. The maximum atomic E-state index is 5.64. The summed E-state index contributed by atoms with van der Waals surface area (Å²) < 4.78 is 5.35. The number of nitrogens with zero attached hydrogens (tertiary/aromatic N) is 1. The van der Waals surface area contributed by atoms with Gasteiger partial charge in [-0.25, -0.2) is 4.98 Å². The van der Waals surface area contributed by atoms with E-state index in [4.69, 9.17) is 10.5 Å². The molecule has 0 spiro atoms. The quantitative estimate of drug-likeness (QED) is 0.858. The second-order valence-corrected chi connectivity index (χ2v) is 5.02. The van der Waals surface area contributed by atoms with Crippen LogP contribution in [-0.2, 0) is 4.74 Å². The van der Waals surface area contributed by atoms with Crippen LogP contribution in [0.15, 0.2) is 5.38 Å². The van der Waals surface area contributed by atoms with Crippen LogP contribution in [-0.4, -0.2) is 24.7 Å². The average molecular weight is 226 g/mol. The number of nitrogens with two attached hydrogens (primary N) is 1. The number of rotatable bonds is 3. The third-order valence-corrected chi connectivity index (χ3v) is 4.05. The maximum absolute atomic E-state index is 5.64. The Hall–Kier alpha value is -0.450. The first-order valence-electron chi connectivity index (χ1n) is 5.54. The molecule has 0 aliphatic carbocycles. The van der Waals surface area contributed by atoms with Crippen LogP contribution in [0.2, 0.25) is 0 Å². The smallest absolute Gasteiger partial charge is 0.0969 e. The van der Waals surface area contributed by atoms with Crippen LogP contribution in [0.1, 0.15) is 42.3 Å². The fourth-order valence-electron chi connectivity index (χ4n) is 1.81. The van der Waals surface area contributed by atoms with Gasteiger partial charge in [0.25, 0.3) is 0 Å². The Bertz CT molecular complexity index is 307. The largest absolute Gasteiger partial charge is 0.381 e. The number of thiazole rings is 1. The van der Waals surface area contributed by atoms with Crippen molar-refractivity contribution in [1.82, 2.24) is 4.98 Å². The molecule has 1 fully saturated rings. The van der Waals surface area contributed by atoms with E-state index in [1.54, 1.807) is 11.3 Å². The second-order valence-electron chi connectivity index (χ2n) is 4.13. The molecule has 1 aromatic rings. The van der Waals surface area contributed by atoms with Crippen molar-refractivity contribution < 1.29 is 4.74 Å². The first-order chi connectivity index (χ1) is 7.31. The van der Waals surface area contributed by atoms with E-state index in [1.165, 1.54) is 10.7 Å². The lowest BCUT2D eigenvalue weighted by molar-refractivity contribution is 0.0846. The Morgan fingerprint density at radius 3 is 3.00 bits per heavy atom. The first-order valence-corrected chi connectivity index (χ1v) is 6.42. The maximum Gasteiger partial charge on any atom is 0.0969 e. The molecule has 0 amide bonds. The van der Waals surface area contributed by atoms with Crippen LogP contribution in [0.25, 0.3) is 0 Å². The molecule has 3 nitrogen and oxygen atoms in total. The van der Waals surface area contributed by atoms with Crippen molar-refractivity contribution >= 4 is 11.3 Å². The van der Waals surface area contributed by atoms with Gasteiger partial charge in [-0.2, -0.15) is 0 Å². The summed E-state index contributed by atoms with van der Waals surface area (Å²) in [7, 11) is 0. The Labute approximate surface area is 94.7 Å². The standard InChI is InChI=1S/C11H18N2OS/c1-8(6-12)11-13-10(7-15-11)9-2-4-14-5-3-9/h7-9H,2-6,12H2,1H3. The zero-order chi connectivity index (χ0) is 10.7. The van der Waals surface area contributed by atoms with Crippen molar-refractivity contribution in [3.8, 4) is 0 Å². The molecule has 1 unspecified atom stereocenters. The summed E-state index contributed by atoms with van der Waals surface area (Å²) >= 11 is 1.74. The molecule has 1 aliphatic rings. The monoisotopic (exact) mass is 226 g/mol. The SMILES string of the molecule is CC(CN)c1nc(C2CCOCC2)cs1. The summed E-state index contributed by atoms with van der Waals surface area (Å²) in [5.74, 6) is 0.998. The third-order valence-electron chi connectivity index (χ3n) is 2.95. The van der Waals surface area contributed by atoms with Crippen LogP contribution in [0.5, 0.6) is 0 Å². The fourth-order valence-corrected chi connectivity index (χ4v) is 2.78. The lowest BCUT2D eigenvalue weighted by atomic mass is 9.97. The van der Waals surface area contributed by atoms with Gasteiger partial charge in [0.05, 0.1) is 10.7 Å². The topological polar surface area (TPSA) is 48.1 Å². The van der Waals surface area contributed by atoms with Gasteiger partial charge in [0, 0.05) is 37.0 Å². The van der Waals surface area contributed by atoms with Gasteiger partial charge in [-0.3, -0.25) is 0 Å². The number of hydrogen-bond acceptors (Lipinski definition) is 4. The highest BCUT2D eigenvalue weighted by molar-refractivity contribution is 7.09. The van der Waals surface area contributed by atoms with Gasteiger partial charge in [-0.15, -0.1) is 11.3 Å². The molecule has 0 saturated carbocycles. The van der Waals surface area contributed by atoms with Crippen LogP contribution >= 0.6 is 11.3 Å². The molecule has 0 radical (unpaired) electrons. The van der Waals surface area contributed by atoms with E-state index >= 15 is 0 Å². The number of aromatic nitrogens is 1. The van der Waals surface area contributed by atoms with Crippen molar-refractivity contribution in [2.24, 2.45) is 5.73 Å². The molecule has 1 aromatic heterocycles. The summed E-state index contributed by atoms with van der Waals surface area (Å²) in [6.07, 6.45) is 2.22. The van der Waals surface area contributed by atoms with Crippen molar-refractivity contribution in [1.29, 1.82) is 0 Å². The van der Waals surface area contributed by atoms with E-state index in [0.29, 0.717) is 18.4 Å². The number of hydrogen-bond donors (Lipinski definition) is 1.